The summed E-state index contributed by atoms with van der Waals surface area (Å²) in [5.74, 6) is 0.966. The van der Waals surface area contributed by atoms with Crippen LogP contribution in [0.1, 0.15) is 38.0 Å². The van der Waals surface area contributed by atoms with E-state index in [4.69, 9.17) is 4.42 Å². The van der Waals surface area contributed by atoms with Crippen LogP contribution in [0.2, 0.25) is 0 Å². The average Bonchev–Trinajstić information content (AvgIpc) is 3.00. The molecule has 1 aromatic heterocycles. The van der Waals surface area contributed by atoms with Crippen LogP contribution >= 0.6 is 0 Å². The molecule has 3 heteroatoms. The molecule has 108 valence electrons. The van der Waals surface area contributed by atoms with Crippen molar-refractivity contribution in [3.63, 3.8) is 0 Å². The first-order valence-corrected chi connectivity index (χ1v) is 7.05. The molecule has 0 spiro atoms. The first-order chi connectivity index (χ1) is 9.50. The van der Waals surface area contributed by atoms with Gasteiger partial charge in [0.1, 0.15) is 11.4 Å². The Bertz CT molecular complexity index is 505. The third kappa shape index (κ3) is 3.50. The highest BCUT2D eigenvalue weighted by Crippen LogP contribution is 2.22. The van der Waals surface area contributed by atoms with Gasteiger partial charge in [0.05, 0.1) is 6.26 Å². The Balaban J connectivity index is 1.94. The van der Waals surface area contributed by atoms with Crippen LogP contribution in [0.15, 0.2) is 53.1 Å². The van der Waals surface area contributed by atoms with Crippen molar-refractivity contribution in [2.75, 3.05) is 6.54 Å². The monoisotopic (exact) mass is 273 g/mol. The maximum atomic E-state index is 10.4. The molecule has 2 rings (SSSR count). The highest BCUT2D eigenvalue weighted by atomic mass is 16.4. The van der Waals surface area contributed by atoms with Gasteiger partial charge in [-0.25, -0.2) is 0 Å². The van der Waals surface area contributed by atoms with Gasteiger partial charge < -0.3 is 14.8 Å². The topological polar surface area (TPSA) is 45.4 Å². The van der Waals surface area contributed by atoms with Crippen molar-refractivity contribution in [1.29, 1.82) is 0 Å². The van der Waals surface area contributed by atoms with Crippen LogP contribution in [0.5, 0.6) is 0 Å². The summed E-state index contributed by atoms with van der Waals surface area (Å²) in [7, 11) is 0. The SMILES string of the molecule is CC(NCC(C)(O)c1ccco1)C(C)c1ccccc1. The van der Waals surface area contributed by atoms with Crippen LogP contribution in [0.25, 0.3) is 0 Å². The molecule has 0 aliphatic rings. The number of hydrogen-bond donors (Lipinski definition) is 2. The molecule has 0 aliphatic heterocycles. The summed E-state index contributed by atoms with van der Waals surface area (Å²) in [6.45, 7) is 6.54. The molecule has 0 bridgehead atoms. The highest BCUT2D eigenvalue weighted by molar-refractivity contribution is 5.20. The zero-order valence-electron chi connectivity index (χ0n) is 12.3. The van der Waals surface area contributed by atoms with E-state index in [9.17, 15) is 5.11 Å². The van der Waals surface area contributed by atoms with Gasteiger partial charge in [0, 0.05) is 12.6 Å². The second-order valence-electron chi connectivity index (χ2n) is 5.62. The van der Waals surface area contributed by atoms with E-state index >= 15 is 0 Å². The van der Waals surface area contributed by atoms with Gasteiger partial charge in [0.25, 0.3) is 0 Å². The summed E-state index contributed by atoms with van der Waals surface area (Å²) in [5.41, 5.74) is 0.305. The predicted molar refractivity (Wildman–Crippen MR) is 80.6 cm³/mol. The van der Waals surface area contributed by atoms with Crippen molar-refractivity contribution in [1.82, 2.24) is 5.32 Å². The first kappa shape index (κ1) is 14.8. The predicted octanol–water partition coefficient (Wildman–Crippen LogP) is 3.27. The largest absolute Gasteiger partial charge is 0.466 e. The van der Waals surface area contributed by atoms with Crippen LogP contribution in [0.4, 0.5) is 0 Å². The Morgan fingerprint density at radius 3 is 2.45 bits per heavy atom. The lowest BCUT2D eigenvalue weighted by Gasteiger charge is -2.27. The molecule has 0 aliphatic carbocycles. The summed E-state index contributed by atoms with van der Waals surface area (Å²) in [6, 6.07) is 14.2. The number of rotatable bonds is 6. The highest BCUT2D eigenvalue weighted by Gasteiger charge is 2.27. The lowest BCUT2D eigenvalue weighted by atomic mass is 9.93. The minimum atomic E-state index is -0.992. The zero-order valence-corrected chi connectivity index (χ0v) is 12.3. The van der Waals surface area contributed by atoms with Gasteiger partial charge in [-0.15, -0.1) is 0 Å². The summed E-state index contributed by atoms with van der Waals surface area (Å²) in [5, 5.41) is 13.8. The van der Waals surface area contributed by atoms with Gasteiger partial charge in [0.2, 0.25) is 0 Å². The van der Waals surface area contributed by atoms with E-state index in [0.29, 0.717) is 18.2 Å². The molecule has 0 fully saturated rings. The molecule has 1 heterocycles. The van der Waals surface area contributed by atoms with E-state index in [0.717, 1.165) is 0 Å². The van der Waals surface area contributed by atoms with Crippen molar-refractivity contribution >= 4 is 0 Å². The number of benzene rings is 1. The summed E-state index contributed by atoms with van der Waals surface area (Å²) in [6.07, 6.45) is 1.58. The molecule has 0 saturated heterocycles. The van der Waals surface area contributed by atoms with Gasteiger partial charge >= 0.3 is 0 Å². The molecule has 1 aromatic carbocycles. The number of nitrogens with one attached hydrogen (secondary N) is 1. The Labute approximate surface area is 120 Å². The van der Waals surface area contributed by atoms with Crippen LogP contribution in [-0.4, -0.2) is 17.7 Å². The molecule has 20 heavy (non-hydrogen) atoms. The molecule has 0 radical (unpaired) electrons. The van der Waals surface area contributed by atoms with Gasteiger partial charge in [-0.1, -0.05) is 37.3 Å². The Morgan fingerprint density at radius 1 is 1.15 bits per heavy atom. The van der Waals surface area contributed by atoms with E-state index in [1.807, 2.05) is 6.07 Å². The van der Waals surface area contributed by atoms with E-state index in [1.165, 1.54) is 5.56 Å². The Morgan fingerprint density at radius 2 is 1.85 bits per heavy atom. The lowest BCUT2D eigenvalue weighted by Crippen LogP contribution is -2.41. The fraction of sp³-hybridized carbons (Fsp3) is 0.412. The number of furan rings is 1. The summed E-state index contributed by atoms with van der Waals surface area (Å²) < 4.78 is 5.29. The Hall–Kier alpha value is -1.58. The minimum absolute atomic E-state index is 0.263. The second kappa shape index (κ2) is 6.25. The lowest BCUT2D eigenvalue weighted by molar-refractivity contribution is 0.0314. The van der Waals surface area contributed by atoms with Crippen molar-refractivity contribution in [3.05, 3.63) is 60.1 Å². The molecular formula is C17H23NO2. The summed E-state index contributed by atoms with van der Waals surface area (Å²) in [4.78, 5) is 0. The van der Waals surface area contributed by atoms with Crippen LogP contribution in [0, 0.1) is 0 Å². The standard InChI is InChI=1S/C17H23NO2/c1-13(15-8-5-4-6-9-15)14(2)18-12-17(3,19)16-10-7-11-20-16/h4-11,13-14,18-19H,12H2,1-3H3. The molecule has 0 amide bonds. The molecule has 3 nitrogen and oxygen atoms in total. The molecule has 2 N–H and O–H groups in total. The second-order valence-corrected chi connectivity index (χ2v) is 5.62. The minimum Gasteiger partial charge on any atom is -0.466 e. The average molecular weight is 273 g/mol. The molecular weight excluding hydrogens is 250 g/mol. The first-order valence-electron chi connectivity index (χ1n) is 7.05. The molecule has 2 aromatic rings. The van der Waals surface area contributed by atoms with Gasteiger partial charge in [-0.3, -0.25) is 0 Å². The molecule has 3 unspecified atom stereocenters. The molecule has 0 saturated carbocycles. The third-order valence-electron chi connectivity index (χ3n) is 3.90. The maximum Gasteiger partial charge on any atom is 0.136 e. The molecule has 3 atom stereocenters. The van der Waals surface area contributed by atoms with E-state index in [2.05, 4.69) is 43.4 Å². The van der Waals surface area contributed by atoms with Crippen LogP contribution < -0.4 is 5.32 Å². The van der Waals surface area contributed by atoms with E-state index in [-0.39, 0.29) is 6.04 Å². The van der Waals surface area contributed by atoms with Gasteiger partial charge in [-0.2, -0.15) is 0 Å². The number of hydrogen-bond acceptors (Lipinski definition) is 3. The fourth-order valence-electron chi connectivity index (χ4n) is 2.25. The van der Waals surface area contributed by atoms with Crippen molar-refractivity contribution in [2.45, 2.75) is 38.3 Å². The van der Waals surface area contributed by atoms with Gasteiger partial charge in [-0.05, 0) is 37.5 Å². The van der Waals surface area contributed by atoms with Crippen LogP contribution in [0.3, 0.4) is 0 Å². The van der Waals surface area contributed by atoms with Gasteiger partial charge in [0.15, 0.2) is 0 Å². The quantitative estimate of drug-likeness (QED) is 0.849. The van der Waals surface area contributed by atoms with Crippen molar-refractivity contribution < 1.29 is 9.52 Å². The normalized spacial score (nSPS) is 17.4. The smallest absolute Gasteiger partial charge is 0.136 e. The maximum absolute atomic E-state index is 10.4. The van der Waals surface area contributed by atoms with Crippen molar-refractivity contribution in [2.24, 2.45) is 0 Å². The number of aliphatic hydroxyl groups is 1. The van der Waals surface area contributed by atoms with E-state index < -0.39 is 5.60 Å². The third-order valence-corrected chi connectivity index (χ3v) is 3.90. The fourth-order valence-corrected chi connectivity index (χ4v) is 2.25. The zero-order chi connectivity index (χ0) is 14.6. The summed E-state index contributed by atoms with van der Waals surface area (Å²) >= 11 is 0. The van der Waals surface area contributed by atoms with Crippen molar-refractivity contribution in [3.8, 4) is 0 Å². The van der Waals surface area contributed by atoms with Crippen LogP contribution in [-0.2, 0) is 5.60 Å². The Kier molecular flexibility index (Phi) is 4.63. The van der Waals surface area contributed by atoms with E-state index in [1.54, 1.807) is 25.3 Å².